The average Bonchev–Trinajstić information content (AvgIpc) is 2.54. The maximum absolute atomic E-state index is 13.0. The number of nitrogens with zero attached hydrogens (tertiary/aromatic N) is 1. The Balaban J connectivity index is 2.26. The van der Waals surface area contributed by atoms with Crippen LogP contribution < -0.4 is 5.32 Å². The molecule has 1 fully saturated rings. The van der Waals surface area contributed by atoms with Crippen LogP contribution in [0.5, 0.6) is 0 Å². The standard InChI is InChI=1S/C15H17F3N2O3/c1-23-13(22)14(7-4-5-10(9-14)15(16,17)18)20-12(21)11-6-2-3-8-19-11/h2-3,6,8,10H,4-5,7,9H2,1H3,(H,20,21)/t10-,14-/m0/s1. The number of alkyl halides is 3. The van der Waals surface area contributed by atoms with E-state index in [2.05, 4.69) is 15.0 Å². The number of aromatic nitrogens is 1. The molecular weight excluding hydrogens is 313 g/mol. The quantitative estimate of drug-likeness (QED) is 0.865. The first kappa shape index (κ1) is 17.2. The molecule has 1 aliphatic rings. The molecule has 2 rings (SSSR count). The highest BCUT2D eigenvalue weighted by atomic mass is 19.4. The average molecular weight is 330 g/mol. The Morgan fingerprint density at radius 2 is 2.13 bits per heavy atom. The number of ether oxygens (including phenoxy) is 1. The monoisotopic (exact) mass is 330 g/mol. The maximum atomic E-state index is 13.0. The topological polar surface area (TPSA) is 68.3 Å². The van der Waals surface area contributed by atoms with E-state index in [-0.39, 0.29) is 25.0 Å². The molecule has 0 saturated heterocycles. The molecule has 1 amide bonds. The number of pyridine rings is 1. The van der Waals surface area contributed by atoms with Crippen molar-refractivity contribution in [2.45, 2.75) is 37.4 Å². The lowest BCUT2D eigenvalue weighted by Gasteiger charge is -2.39. The van der Waals surface area contributed by atoms with Crippen LogP contribution in [-0.2, 0) is 9.53 Å². The predicted molar refractivity (Wildman–Crippen MR) is 74.5 cm³/mol. The molecule has 0 aromatic carbocycles. The highest BCUT2D eigenvalue weighted by molar-refractivity contribution is 5.96. The second kappa shape index (κ2) is 6.55. The van der Waals surface area contributed by atoms with Gasteiger partial charge in [-0.15, -0.1) is 0 Å². The van der Waals surface area contributed by atoms with Crippen molar-refractivity contribution in [1.82, 2.24) is 10.3 Å². The van der Waals surface area contributed by atoms with Crippen LogP contribution in [-0.4, -0.2) is 35.7 Å². The highest BCUT2D eigenvalue weighted by Crippen LogP contribution is 2.42. The van der Waals surface area contributed by atoms with E-state index in [1.807, 2.05) is 0 Å². The third-order valence-corrected chi connectivity index (χ3v) is 4.04. The van der Waals surface area contributed by atoms with Gasteiger partial charge in [0, 0.05) is 6.20 Å². The van der Waals surface area contributed by atoms with E-state index in [4.69, 9.17) is 0 Å². The molecule has 5 nitrogen and oxygen atoms in total. The van der Waals surface area contributed by atoms with Crippen molar-refractivity contribution in [2.75, 3.05) is 7.11 Å². The number of methoxy groups -OCH3 is 1. The van der Waals surface area contributed by atoms with Gasteiger partial charge >= 0.3 is 12.1 Å². The Labute approximate surface area is 131 Å². The Bertz CT molecular complexity index is 577. The van der Waals surface area contributed by atoms with Gasteiger partial charge in [-0.1, -0.05) is 6.07 Å². The van der Waals surface area contributed by atoms with Crippen LogP contribution in [0.15, 0.2) is 24.4 Å². The lowest BCUT2D eigenvalue weighted by atomic mass is 9.75. The minimum absolute atomic E-state index is 0.0323. The van der Waals surface area contributed by atoms with Crippen LogP contribution in [0.2, 0.25) is 0 Å². The summed E-state index contributed by atoms with van der Waals surface area (Å²) in [4.78, 5) is 28.2. The third kappa shape index (κ3) is 3.80. The molecule has 0 aliphatic heterocycles. The van der Waals surface area contributed by atoms with Crippen LogP contribution in [0.3, 0.4) is 0 Å². The summed E-state index contributed by atoms with van der Waals surface area (Å²) in [5.41, 5.74) is -1.65. The molecule has 8 heteroatoms. The van der Waals surface area contributed by atoms with Crippen molar-refractivity contribution in [1.29, 1.82) is 0 Å². The second-order valence-electron chi connectivity index (χ2n) is 5.58. The third-order valence-electron chi connectivity index (χ3n) is 4.04. The molecule has 126 valence electrons. The number of rotatable bonds is 3. The Morgan fingerprint density at radius 1 is 1.39 bits per heavy atom. The fourth-order valence-corrected chi connectivity index (χ4v) is 2.88. The fraction of sp³-hybridized carbons (Fsp3) is 0.533. The Morgan fingerprint density at radius 3 is 2.70 bits per heavy atom. The first-order valence-electron chi connectivity index (χ1n) is 7.17. The Hall–Kier alpha value is -2.12. The number of carbonyl (C=O) groups is 2. The largest absolute Gasteiger partial charge is 0.467 e. The lowest BCUT2D eigenvalue weighted by Crippen LogP contribution is -2.58. The van der Waals surface area contributed by atoms with Crippen molar-refractivity contribution >= 4 is 11.9 Å². The van der Waals surface area contributed by atoms with E-state index in [0.29, 0.717) is 0 Å². The predicted octanol–water partition coefficient (Wildman–Crippen LogP) is 2.48. The molecule has 1 N–H and O–H groups in total. The molecule has 1 aromatic rings. The maximum Gasteiger partial charge on any atom is 0.391 e. The van der Waals surface area contributed by atoms with Gasteiger partial charge in [0.25, 0.3) is 5.91 Å². The van der Waals surface area contributed by atoms with Crippen molar-refractivity contribution < 1.29 is 27.5 Å². The van der Waals surface area contributed by atoms with Crippen molar-refractivity contribution in [3.05, 3.63) is 30.1 Å². The van der Waals surface area contributed by atoms with Crippen molar-refractivity contribution in [3.8, 4) is 0 Å². The van der Waals surface area contributed by atoms with Crippen LogP contribution in [0.4, 0.5) is 13.2 Å². The molecule has 1 aliphatic carbocycles. The molecule has 23 heavy (non-hydrogen) atoms. The molecule has 0 unspecified atom stereocenters. The first-order valence-corrected chi connectivity index (χ1v) is 7.17. The van der Waals surface area contributed by atoms with E-state index in [1.54, 1.807) is 12.1 Å². The van der Waals surface area contributed by atoms with Gasteiger partial charge in [-0.25, -0.2) is 4.79 Å². The number of halogens is 3. The molecule has 1 saturated carbocycles. The molecule has 1 aromatic heterocycles. The second-order valence-corrected chi connectivity index (χ2v) is 5.58. The number of hydrogen-bond acceptors (Lipinski definition) is 4. The summed E-state index contributed by atoms with van der Waals surface area (Å²) >= 11 is 0. The van der Waals surface area contributed by atoms with Crippen LogP contribution in [0.25, 0.3) is 0 Å². The van der Waals surface area contributed by atoms with Crippen molar-refractivity contribution in [2.24, 2.45) is 5.92 Å². The fourth-order valence-electron chi connectivity index (χ4n) is 2.88. The smallest absolute Gasteiger partial charge is 0.391 e. The zero-order valence-corrected chi connectivity index (χ0v) is 12.5. The zero-order valence-electron chi connectivity index (χ0n) is 12.5. The Kier molecular flexibility index (Phi) is 4.91. The summed E-state index contributed by atoms with van der Waals surface area (Å²) in [5.74, 6) is -3.21. The van der Waals surface area contributed by atoms with Gasteiger partial charge in [0.2, 0.25) is 0 Å². The van der Waals surface area contributed by atoms with E-state index >= 15 is 0 Å². The number of nitrogens with one attached hydrogen (secondary N) is 1. The number of amides is 1. The number of hydrogen-bond donors (Lipinski definition) is 1. The van der Waals surface area contributed by atoms with Crippen LogP contribution >= 0.6 is 0 Å². The summed E-state index contributed by atoms with van der Waals surface area (Å²) in [5, 5.41) is 2.43. The zero-order chi connectivity index (χ0) is 17.1. The van der Waals surface area contributed by atoms with Gasteiger partial charge in [0.1, 0.15) is 11.2 Å². The molecule has 0 bridgehead atoms. The van der Waals surface area contributed by atoms with Gasteiger partial charge in [-0.05, 0) is 37.8 Å². The number of esters is 1. The summed E-state index contributed by atoms with van der Waals surface area (Å²) in [6.45, 7) is 0. The molecule has 1 heterocycles. The summed E-state index contributed by atoms with van der Waals surface area (Å²) < 4.78 is 43.8. The van der Waals surface area contributed by atoms with E-state index in [0.717, 1.165) is 7.11 Å². The van der Waals surface area contributed by atoms with E-state index in [9.17, 15) is 22.8 Å². The van der Waals surface area contributed by atoms with Crippen LogP contribution in [0, 0.1) is 5.92 Å². The summed E-state index contributed by atoms with van der Waals surface area (Å²) in [7, 11) is 1.09. The van der Waals surface area contributed by atoms with Gasteiger partial charge in [0.15, 0.2) is 0 Å². The van der Waals surface area contributed by atoms with Gasteiger partial charge in [-0.2, -0.15) is 13.2 Å². The highest BCUT2D eigenvalue weighted by Gasteiger charge is 2.52. The van der Waals surface area contributed by atoms with Gasteiger partial charge < -0.3 is 10.1 Å². The molecule has 0 radical (unpaired) electrons. The summed E-state index contributed by atoms with van der Waals surface area (Å²) in [6, 6.07) is 4.60. The normalized spacial score (nSPS) is 24.8. The molecule has 2 atom stereocenters. The minimum atomic E-state index is -4.42. The summed E-state index contributed by atoms with van der Waals surface area (Å²) in [6.07, 6.45) is -3.36. The molecule has 0 spiro atoms. The van der Waals surface area contributed by atoms with E-state index < -0.39 is 35.9 Å². The molecular formula is C15H17F3N2O3. The first-order chi connectivity index (χ1) is 10.8. The van der Waals surface area contributed by atoms with E-state index in [1.165, 1.54) is 12.3 Å². The lowest BCUT2D eigenvalue weighted by molar-refractivity contribution is -0.191. The van der Waals surface area contributed by atoms with Gasteiger partial charge in [0.05, 0.1) is 13.0 Å². The van der Waals surface area contributed by atoms with Crippen molar-refractivity contribution in [3.63, 3.8) is 0 Å². The van der Waals surface area contributed by atoms with Crippen LogP contribution in [0.1, 0.15) is 36.2 Å². The number of carbonyl (C=O) groups excluding carboxylic acids is 2. The van der Waals surface area contributed by atoms with Gasteiger partial charge in [-0.3, -0.25) is 9.78 Å². The minimum Gasteiger partial charge on any atom is -0.467 e. The SMILES string of the molecule is COC(=O)[C@]1(NC(=O)c2ccccn2)CCC[C@H](C(F)(F)F)C1.